The molecule has 1 N–H and O–H groups in total. The first-order valence-corrected chi connectivity index (χ1v) is 22.0. The van der Waals surface area contributed by atoms with Crippen LogP contribution < -0.4 is 0 Å². The molecule has 0 spiro atoms. The Morgan fingerprint density at radius 3 is 1.48 bits per heavy atom. The Balaban J connectivity index is 1.66. The second kappa shape index (κ2) is 18.5. The molecule has 1 aromatic carbocycles. The molecule has 0 bridgehead atoms. The Morgan fingerprint density at radius 2 is 1.03 bits per heavy atom. The second-order valence-corrected chi connectivity index (χ2v) is 22.3. The molecule has 2 fully saturated rings. The standard InChI is InChI=1S/C48H65NO17/c1-44(2,3)39(54)59-21-23-20-26(49-34(50)24-18-16-17-19-25(24)35(49)51)29-28(23)37(62-31(29)36(52)53)66-38-33(65-43(58)48(13,14)15)32(64-42(57)47(10,11)12)30(63-41(56)46(7,8)9)27(61-38)22-60-40(55)45(4,5)6/h16-20,26-33,37-38H,21-22H2,1-15H3,(H,52,53)/t26-,27+,28+,29-,30+,31+,32-,33+,37-,38-/m0/s1. The predicted octanol–water partition coefficient (Wildman–Crippen LogP) is 5.43. The predicted molar refractivity (Wildman–Crippen MR) is 231 cm³/mol. The van der Waals surface area contributed by atoms with Crippen LogP contribution in [0.5, 0.6) is 0 Å². The Kier molecular flexibility index (Phi) is 14.5. The molecule has 3 heterocycles. The van der Waals surface area contributed by atoms with E-state index in [0.29, 0.717) is 0 Å². The molecular formula is C48H65NO17. The highest BCUT2D eigenvalue weighted by Crippen LogP contribution is 2.50. The highest BCUT2D eigenvalue weighted by Gasteiger charge is 2.62. The molecule has 10 atom stereocenters. The molecule has 1 aliphatic carbocycles. The molecule has 66 heavy (non-hydrogen) atoms. The van der Waals surface area contributed by atoms with Crippen molar-refractivity contribution in [3.05, 3.63) is 47.0 Å². The van der Waals surface area contributed by atoms with Gasteiger partial charge in [0.1, 0.15) is 19.3 Å². The van der Waals surface area contributed by atoms with E-state index in [1.165, 1.54) is 18.2 Å². The van der Waals surface area contributed by atoms with E-state index < -0.39 is 149 Å². The number of esters is 5. The van der Waals surface area contributed by atoms with Gasteiger partial charge in [-0.25, -0.2) is 4.79 Å². The summed E-state index contributed by atoms with van der Waals surface area (Å²) in [5, 5.41) is 10.7. The third-order valence-corrected chi connectivity index (χ3v) is 11.3. The molecule has 18 heteroatoms. The van der Waals surface area contributed by atoms with Crippen LogP contribution in [0.4, 0.5) is 0 Å². The van der Waals surface area contributed by atoms with Gasteiger partial charge < -0.3 is 43.0 Å². The lowest BCUT2D eigenvalue weighted by Crippen LogP contribution is -2.64. The van der Waals surface area contributed by atoms with Crippen LogP contribution in [-0.4, -0.2) is 120 Å². The lowest BCUT2D eigenvalue weighted by atomic mass is 9.86. The van der Waals surface area contributed by atoms with Crippen molar-refractivity contribution in [2.45, 2.75) is 153 Å². The molecule has 5 rings (SSSR count). The van der Waals surface area contributed by atoms with Gasteiger partial charge in [0, 0.05) is 11.8 Å². The maximum atomic E-state index is 13.9. The van der Waals surface area contributed by atoms with E-state index in [2.05, 4.69) is 0 Å². The fourth-order valence-electron chi connectivity index (χ4n) is 7.45. The molecule has 4 aliphatic rings. The van der Waals surface area contributed by atoms with E-state index in [4.69, 9.17) is 37.9 Å². The van der Waals surface area contributed by atoms with E-state index in [1.807, 2.05) is 0 Å². The van der Waals surface area contributed by atoms with E-state index in [9.17, 15) is 43.5 Å². The van der Waals surface area contributed by atoms with Crippen molar-refractivity contribution in [3.8, 4) is 0 Å². The minimum absolute atomic E-state index is 0.105. The van der Waals surface area contributed by atoms with Crippen LogP contribution in [0.2, 0.25) is 0 Å². The minimum atomic E-state index is -1.85. The summed E-state index contributed by atoms with van der Waals surface area (Å²) in [6.07, 6.45) is -10.4. The van der Waals surface area contributed by atoms with Crippen LogP contribution in [0.15, 0.2) is 35.9 Å². The van der Waals surface area contributed by atoms with Crippen LogP contribution in [0.1, 0.15) is 125 Å². The summed E-state index contributed by atoms with van der Waals surface area (Å²) in [5.74, 6) is -9.01. The first-order chi connectivity index (χ1) is 30.1. The SMILES string of the molecule is CC(C)(C)C(=O)OCC1=C[C@H](N2C(=O)c3ccccc3C2=O)[C@H]2[C@@H]1[C@H](O[C@@H]1O[C@H](COC(=O)C(C)(C)C)[C@@H](OC(=O)C(C)(C)C)[C@H](OC(=O)C(C)(C)C)[C@H]1OC(=O)C(C)(C)C)O[C@H]2C(=O)O. The third kappa shape index (κ3) is 11.0. The highest BCUT2D eigenvalue weighted by molar-refractivity contribution is 6.21. The van der Waals surface area contributed by atoms with Gasteiger partial charge in [-0.15, -0.1) is 0 Å². The Labute approximate surface area is 385 Å². The number of ether oxygens (including phenoxy) is 8. The van der Waals surface area contributed by atoms with Crippen molar-refractivity contribution < 1.29 is 81.4 Å². The van der Waals surface area contributed by atoms with Crippen LogP contribution in [-0.2, 0) is 66.7 Å². The fourth-order valence-corrected chi connectivity index (χ4v) is 7.45. The summed E-state index contributed by atoms with van der Waals surface area (Å²) in [4.78, 5) is 110. The molecule has 0 unspecified atom stereocenters. The van der Waals surface area contributed by atoms with Crippen LogP contribution in [0.3, 0.4) is 0 Å². The largest absolute Gasteiger partial charge is 0.479 e. The summed E-state index contributed by atoms with van der Waals surface area (Å²) in [6.45, 7) is 22.9. The maximum Gasteiger partial charge on any atom is 0.333 e. The van der Waals surface area contributed by atoms with Crippen LogP contribution in [0, 0.1) is 38.9 Å². The molecule has 2 amide bonds. The van der Waals surface area contributed by atoms with Gasteiger partial charge in [0.05, 0.1) is 44.2 Å². The minimum Gasteiger partial charge on any atom is -0.479 e. The number of carboxylic acid groups (broad SMARTS) is 1. The maximum absolute atomic E-state index is 13.9. The summed E-state index contributed by atoms with van der Waals surface area (Å²) in [6, 6.07) is 4.88. The third-order valence-electron chi connectivity index (χ3n) is 11.3. The van der Waals surface area contributed by atoms with Gasteiger partial charge in [-0.2, -0.15) is 0 Å². The highest BCUT2D eigenvalue weighted by atomic mass is 16.8. The second-order valence-electron chi connectivity index (χ2n) is 22.3. The zero-order valence-corrected chi connectivity index (χ0v) is 40.5. The molecular weight excluding hydrogens is 863 g/mol. The first kappa shape index (κ1) is 51.8. The Hall–Kier alpha value is -5.20. The van der Waals surface area contributed by atoms with Crippen molar-refractivity contribution in [1.82, 2.24) is 4.90 Å². The number of aliphatic carboxylic acids is 1. The number of imide groups is 1. The van der Waals surface area contributed by atoms with E-state index in [-0.39, 0.29) is 16.7 Å². The molecule has 18 nitrogen and oxygen atoms in total. The quantitative estimate of drug-likeness (QED) is 0.126. The Morgan fingerprint density at radius 1 is 0.591 bits per heavy atom. The van der Waals surface area contributed by atoms with Crippen molar-refractivity contribution in [2.24, 2.45) is 38.9 Å². The zero-order chi connectivity index (χ0) is 49.8. The van der Waals surface area contributed by atoms with Gasteiger partial charge in [0.15, 0.2) is 30.7 Å². The molecule has 364 valence electrons. The fraction of sp³-hybridized carbons (Fsp3) is 0.667. The van der Waals surface area contributed by atoms with Gasteiger partial charge in [0.25, 0.3) is 11.8 Å². The monoisotopic (exact) mass is 927 g/mol. The number of benzene rings is 1. The molecule has 2 saturated heterocycles. The van der Waals surface area contributed by atoms with Crippen LogP contribution in [0.25, 0.3) is 0 Å². The van der Waals surface area contributed by atoms with Crippen LogP contribution >= 0.6 is 0 Å². The van der Waals surface area contributed by atoms with Gasteiger partial charge in [0.2, 0.25) is 6.29 Å². The number of amides is 2. The van der Waals surface area contributed by atoms with Crippen molar-refractivity contribution >= 4 is 47.6 Å². The molecule has 1 aromatic rings. The summed E-state index contributed by atoms with van der Waals surface area (Å²) >= 11 is 0. The number of nitrogens with zero attached hydrogens (tertiary/aromatic N) is 1. The number of hydrogen-bond donors (Lipinski definition) is 1. The number of carbonyl (C=O) groups is 8. The van der Waals surface area contributed by atoms with Crippen molar-refractivity contribution in [3.63, 3.8) is 0 Å². The molecule has 0 radical (unpaired) electrons. The summed E-state index contributed by atoms with van der Waals surface area (Å²) in [5.41, 5.74) is -5.04. The van der Waals surface area contributed by atoms with Gasteiger partial charge in [-0.3, -0.25) is 38.5 Å². The topological polar surface area (TPSA) is 234 Å². The lowest BCUT2D eigenvalue weighted by molar-refractivity contribution is -0.342. The van der Waals surface area contributed by atoms with Gasteiger partial charge in [-0.05, 0) is 122 Å². The van der Waals surface area contributed by atoms with Gasteiger partial charge >= 0.3 is 35.8 Å². The molecule has 0 saturated carbocycles. The van der Waals surface area contributed by atoms with Crippen molar-refractivity contribution in [1.29, 1.82) is 0 Å². The number of fused-ring (bicyclic) bond motifs is 2. The normalized spacial score (nSPS) is 27.9. The summed E-state index contributed by atoms with van der Waals surface area (Å²) < 4.78 is 49.0. The van der Waals surface area contributed by atoms with Crippen molar-refractivity contribution in [2.75, 3.05) is 13.2 Å². The number of carboxylic acids is 1. The number of carbonyl (C=O) groups excluding carboxylic acids is 7. The zero-order valence-electron chi connectivity index (χ0n) is 40.5. The smallest absolute Gasteiger partial charge is 0.333 e. The molecule has 3 aliphatic heterocycles. The van der Waals surface area contributed by atoms with E-state index in [0.717, 1.165) is 4.90 Å². The Bertz CT molecular complexity index is 2110. The number of hydrogen-bond acceptors (Lipinski definition) is 16. The number of rotatable bonds is 11. The molecule has 0 aromatic heterocycles. The summed E-state index contributed by atoms with van der Waals surface area (Å²) in [7, 11) is 0. The van der Waals surface area contributed by atoms with E-state index >= 15 is 0 Å². The lowest BCUT2D eigenvalue weighted by Gasteiger charge is -2.46. The first-order valence-electron chi connectivity index (χ1n) is 22.0. The van der Waals surface area contributed by atoms with Gasteiger partial charge in [-0.1, -0.05) is 18.2 Å². The average molecular weight is 928 g/mol. The van der Waals surface area contributed by atoms with E-state index in [1.54, 1.807) is 116 Å². The average Bonchev–Trinajstić information content (AvgIpc) is 3.82.